The van der Waals surface area contributed by atoms with Crippen molar-refractivity contribution in [2.24, 2.45) is 0 Å². The normalized spacial score (nSPS) is 17.1. The van der Waals surface area contributed by atoms with E-state index < -0.39 is 23.7 Å². The number of rotatable bonds is 7. The Balaban J connectivity index is 1.55. The summed E-state index contributed by atoms with van der Waals surface area (Å²) in [6, 6.07) is 8.31. The van der Waals surface area contributed by atoms with Crippen LogP contribution in [0.2, 0.25) is 0 Å². The van der Waals surface area contributed by atoms with Crippen molar-refractivity contribution in [1.29, 1.82) is 0 Å². The average molecular weight is 482 g/mol. The van der Waals surface area contributed by atoms with Gasteiger partial charge in [0.05, 0.1) is 12.0 Å². The number of imidazole rings is 1. The summed E-state index contributed by atoms with van der Waals surface area (Å²) in [5, 5.41) is 2.64. The molecule has 1 saturated heterocycles. The van der Waals surface area contributed by atoms with Gasteiger partial charge >= 0.3 is 12.1 Å². The molecule has 2 aromatic heterocycles. The summed E-state index contributed by atoms with van der Waals surface area (Å²) in [5.41, 5.74) is 1.81. The van der Waals surface area contributed by atoms with Gasteiger partial charge in [-0.2, -0.15) is 0 Å². The highest BCUT2D eigenvalue weighted by atomic mass is 16.6. The van der Waals surface area contributed by atoms with E-state index in [0.29, 0.717) is 23.5 Å². The fourth-order valence-corrected chi connectivity index (χ4v) is 3.87. The van der Waals surface area contributed by atoms with Crippen LogP contribution in [0.15, 0.2) is 43.0 Å². The molecule has 35 heavy (non-hydrogen) atoms. The molecule has 0 unspecified atom stereocenters. The monoisotopic (exact) mass is 481 g/mol. The fourth-order valence-electron chi connectivity index (χ4n) is 3.87. The van der Waals surface area contributed by atoms with Crippen molar-refractivity contribution < 1.29 is 23.8 Å². The SMILES string of the molecule is CC(C)(C)OC(=O)N[C@@H](Cc1ncnc2c1ncn2[C@H]1CCCCO1)C(=O)OCc1ccccc1. The average Bonchev–Trinajstić information content (AvgIpc) is 3.27. The molecule has 1 aromatic carbocycles. The molecule has 0 saturated carbocycles. The highest BCUT2D eigenvalue weighted by molar-refractivity contribution is 5.83. The van der Waals surface area contributed by atoms with Gasteiger partial charge in [0.2, 0.25) is 0 Å². The minimum Gasteiger partial charge on any atom is -0.459 e. The molecular formula is C25H31N5O5. The Morgan fingerprint density at radius 1 is 1.17 bits per heavy atom. The number of nitrogens with zero attached hydrogens (tertiary/aromatic N) is 4. The summed E-state index contributed by atoms with van der Waals surface area (Å²) >= 11 is 0. The topological polar surface area (TPSA) is 117 Å². The van der Waals surface area contributed by atoms with E-state index >= 15 is 0 Å². The van der Waals surface area contributed by atoms with Crippen LogP contribution in [-0.4, -0.2) is 49.8 Å². The second kappa shape index (κ2) is 10.8. The van der Waals surface area contributed by atoms with Crippen LogP contribution in [0.25, 0.3) is 11.2 Å². The van der Waals surface area contributed by atoms with Crippen LogP contribution in [0.5, 0.6) is 0 Å². The number of benzene rings is 1. The van der Waals surface area contributed by atoms with E-state index in [9.17, 15) is 9.59 Å². The molecule has 0 spiro atoms. The third-order valence-corrected chi connectivity index (χ3v) is 5.50. The summed E-state index contributed by atoms with van der Waals surface area (Å²) in [6.07, 6.45) is 5.30. The molecule has 0 radical (unpaired) electrons. The summed E-state index contributed by atoms with van der Waals surface area (Å²) in [4.78, 5) is 38.8. The number of carbonyl (C=O) groups excluding carboxylic acids is 2. The number of hydrogen-bond acceptors (Lipinski definition) is 8. The van der Waals surface area contributed by atoms with Gasteiger partial charge in [-0.1, -0.05) is 30.3 Å². The van der Waals surface area contributed by atoms with E-state index in [2.05, 4.69) is 20.3 Å². The quantitative estimate of drug-likeness (QED) is 0.508. The molecule has 1 aliphatic rings. The summed E-state index contributed by atoms with van der Waals surface area (Å²) < 4.78 is 18.6. The van der Waals surface area contributed by atoms with E-state index in [1.54, 1.807) is 27.1 Å². The Hall–Kier alpha value is -3.53. The fraction of sp³-hybridized carbons (Fsp3) is 0.480. The standard InChI is InChI=1S/C25H31N5O5/c1-25(2,3)35-24(32)29-19(23(31)34-14-17-9-5-4-6-10-17)13-18-21-22(27-15-26-18)30(16-28-21)20-11-7-8-12-33-20/h4-6,9-10,15-16,19-20H,7-8,11-14H2,1-3H3,(H,29,32)/t19-,20+/m0/s1. The van der Waals surface area contributed by atoms with Crippen molar-refractivity contribution in [3.63, 3.8) is 0 Å². The Bertz CT molecular complexity index is 1150. The van der Waals surface area contributed by atoms with Gasteiger partial charge in [0.25, 0.3) is 0 Å². The zero-order valence-electron chi connectivity index (χ0n) is 20.3. The number of aromatic nitrogens is 4. The number of esters is 1. The van der Waals surface area contributed by atoms with Gasteiger partial charge in [-0.15, -0.1) is 0 Å². The lowest BCUT2D eigenvalue weighted by Crippen LogP contribution is -2.45. The summed E-state index contributed by atoms with van der Waals surface area (Å²) in [6.45, 7) is 6.03. The Labute approximate surface area is 204 Å². The van der Waals surface area contributed by atoms with Crippen LogP contribution >= 0.6 is 0 Å². The zero-order chi connectivity index (χ0) is 24.8. The number of amides is 1. The molecule has 10 nitrogen and oxygen atoms in total. The predicted octanol–water partition coefficient (Wildman–Crippen LogP) is 3.70. The zero-order valence-corrected chi connectivity index (χ0v) is 20.3. The Kier molecular flexibility index (Phi) is 7.60. The third-order valence-electron chi connectivity index (χ3n) is 5.50. The highest BCUT2D eigenvalue weighted by Crippen LogP contribution is 2.26. The maximum atomic E-state index is 13.0. The number of hydrogen-bond donors (Lipinski definition) is 1. The summed E-state index contributed by atoms with van der Waals surface area (Å²) in [7, 11) is 0. The third kappa shape index (κ3) is 6.54. The lowest BCUT2D eigenvalue weighted by atomic mass is 10.1. The van der Waals surface area contributed by atoms with E-state index in [1.807, 2.05) is 34.9 Å². The Morgan fingerprint density at radius 3 is 2.69 bits per heavy atom. The maximum absolute atomic E-state index is 13.0. The van der Waals surface area contributed by atoms with Crippen LogP contribution in [0.4, 0.5) is 4.79 Å². The Morgan fingerprint density at radius 2 is 1.97 bits per heavy atom. The van der Waals surface area contributed by atoms with E-state index in [4.69, 9.17) is 14.2 Å². The molecule has 0 bridgehead atoms. The first-order valence-corrected chi connectivity index (χ1v) is 11.8. The number of fused-ring (bicyclic) bond motifs is 1. The van der Waals surface area contributed by atoms with Crippen LogP contribution in [0, 0.1) is 0 Å². The van der Waals surface area contributed by atoms with Crippen molar-refractivity contribution in [1.82, 2.24) is 24.8 Å². The number of carbonyl (C=O) groups is 2. The van der Waals surface area contributed by atoms with Crippen molar-refractivity contribution in [2.75, 3.05) is 6.61 Å². The van der Waals surface area contributed by atoms with Gasteiger partial charge in [-0.25, -0.2) is 24.5 Å². The molecule has 3 aromatic rings. The second-order valence-electron chi connectivity index (χ2n) is 9.46. The van der Waals surface area contributed by atoms with E-state index in [0.717, 1.165) is 24.8 Å². The minimum atomic E-state index is -1.03. The smallest absolute Gasteiger partial charge is 0.408 e. The molecule has 186 valence electrons. The second-order valence-corrected chi connectivity index (χ2v) is 9.46. The predicted molar refractivity (Wildman–Crippen MR) is 127 cm³/mol. The van der Waals surface area contributed by atoms with E-state index in [-0.39, 0.29) is 19.3 Å². The van der Waals surface area contributed by atoms with Gasteiger partial charge in [-0.3, -0.25) is 4.57 Å². The molecule has 1 amide bonds. The first-order valence-electron chi connectivity index (χ1n) is 11.8. The first kappa shape index (κ1) is 24.6. The largest absolute Gasteiger partial charge is 0.459 e. The minimum absolute atomic E-state index is 0.0639. The van der Waals surface area contributed by atoms with Crippen LogP contribution in [0.1, 0.15) is 57.5 Å². The van der Waals surface area contributed by atoms with Gasteiger partial charge in [0.15, 0.2) is 5.65 Å². The molecular weight excluding hydrogens is 450 g/mol. The van der Waals surface area contributed by atoms with Crippen molar-refractivity contribution >= 4 is 23.2 Å². The molecule has 10 heteroatoms. The molecule has 1 aliphatic heterocycles. The molecule has 0 aliphatic carbocycles. The summed E-state index contributed by atoms with van der Waals surface area (Å²) in [5.74, 6) is -0.596. The van der Waals surface area contributed by atoms with Crippen LogP contribution < -0.4 is 5.32 Å². The molecule has 4 rings (SSSR count). The van der Waals surface area contributed by atoms with Crippen LogP contribution in [-0.2, 0) is 32.0 Å². The first-order chi connectivity index (χ1) is 16.8. The lowest BCUT2D eigenvalue weighted by Gasteiger charge is -2.24. The lowest BCUT2D eigenvalue weighted by molar-refractivity contribution is -0.147. The van der Waals surface area contributed by atoms with Crippen LogP contribution in [0.3, 0.4) is 0 Å². The molecule has 2 atom stereocenters. The number of ether oxygens (including phenoxy) is 3. The van der Waals surface area contributed by atoms with Gasteiger partial charge < -0.3 is 19.5 Å². The van der Waals surface area contributed by atoms with Gasteiger partial charge in [0, 0.05) is 13.0 Å². The van der Waals surface area contributed by atoms with Crippen molar-refractivity contribution in [2.45, 2.75) is 70.9 Å². The van der Waals surface area contributed by atoms with Gasteiger partial charge in [0.1, 0.15) is 36.3 Å². The number of nitrogens with one attached hydrogen (secondary N) is 1. The highest BCUT2D eigenvalue weighted by Gasteiger charge is 2.28. The maximum Gasteiger partial charge on any atom is 0.408 e. The van der Waals surface area contributed by atoms with Crippen molar-refractivity contribution in [3.05, 3.63) is 54.2 Å². The molecule has 3 heterocycles. The van der Waals surface area contributed by atoms with Gasteiger partial charge in [-0.05, 0) is 45.6 Å². The van der Waals surface area contributed by atoms with Crippen molar-refractivity contribution in [3.8, 4) is 0 Å². The molecule has 1 fully saturated rings. The number of alkyl carbamates (subject to hydrolysis) is 1. The molecule has 1 N–H and O–H groups in total. The van der Waals surface area contributed by atoms with E-state index in [1.165, 1.54) is 6.33 Å².